The fourth-order valence-electron chi connectivity index (χ4n) is 4.92. The summed E-state index contributed by atoms with van der Waals surface area (Å²) in [5.74, 6) is -4.38. The molecule has 10 heteroatoms. The van der Waals surface area contributed by atoms with Gasteiger partial charge in [-0.1, -0.05) is 37.3 Å². The van der Waals surface area contributed by atoms with E-state index < -0.39 is 29.7 Å². The minimum Gasteiger partial charge on any atom is -0.366 e. The number of carbonyl (C=O) groups excluding carboxylic acids is 3. The Balaban J connectivity index is 1.39. The van der Waals surface area contributed by atoms with Crippen LogP contribution in [0.5, 0.6) is 0 Å². The van der Waals surface area contributed by atoms with Crippen molar-refractivity contribution < 1.29 is 23.2 Å². The molecule has 0 aliphatic carbocycles. The van der Waals surface area contributed by atoms with Gasteiger partial charge in [-0.15, -0.1) is 0 Å². The van der Waals surface area contributed by atoms with Crippen LogP contribution < -0.4 is 16.0 Å². The molecule has 0 unspecified atom stereocenters. The summed E-state index contributed by atoms with van der Waals surface area (Å²) in [5.41, 5.74) is 6.84. The maximum Gasteiger partial charge on any atom is 0.275 e. The summed E-state index contributed by atoms with van der Waals surface area (Å²) in [4.78, 5) is 43.9. The van der Waals surface area contributed by atoms with Crippen molar-refractivity contribution in [3.8, 4) is 5.69 Å². The predicted molar refractivity (Wildman–Crippen MR) is 152 cm³/mol. The number of amides is 3. The van der Waals surface area contributed by atoms with E-state index in [9.17, 15) is 14.4 Å². The molecule has 1 aromatic heterocycles. The van der Waals surface area contributed by atoms with Gasteiger partial charge in [-0.3, -0.25) is 14.4 Å². The first-order valence-corrected chi connectivity index (χ1v) is 13.0. The van der Waals surface area contributed by atoms with E-state index in [4.69, 9.17) is 5.73 Å². The van der Waals surface area contributed by atoms with E-state index in [1.807, 2.05) is 23.6 Å². The third-order valence-corrected chi connectivity index (χ3v) is 6.89. The van der Waals surface area contributed by atoms with Crippen molar-refractivity contribution in [1.29, 1.82) is 0 Å². The highest BCUT2D eigenvalue weighted by Gasteiger charge is 2.41. The molecule has 3 amide bonds. The number of aromatic nitrogens is 2. The summed E-state index contributed by atoms with van der Waals surface area (Å²) in [7, 11) is 0. The largest absolute Gasteiger partial charge is 0.366 e. The Morgan fingerprint density at radius 1 is 1.00 bits per heavy atom. The number of imidazole rings is 1. The Kier molecular flexibility index (Phi) is 7.47. The van der Waals surface area contributed by atoms with Gasteiger partial charge in [-0.2, -0.15) is 0 Å². The molecule has 3 aromatic carbocycles. The molecule has 8 nitrogen and oxygen atoms in total. The minimum absolute atomic E-state index is 0.0637. The number of hydrogen-bond acceptors (Lipinski definition) is 4. The Hall–Kier alpha value is -5.12. The molecule has 0 fully saturated rings. The molecule has 0 saturated heterocycles. The van der Waals surface area contributed by atoms with Crippen LogP contribution in [-0.2, 0) is 11.2 Å². The fraction of sp³-hybridized carbons (Fsp3) is 0.161. The fourth-order valence-corrected chi connectivity index (χ4v) is 4.92. The Bertz CT molecular complexity index is 1660. The summed E-state index contributed by atoms with van der Waals surface area (Å²) in [6.07, 6.45) is 4.21. The Labute approximate surface area is 235 Å². The van der Waals surface area contributed by atoms with Gasteiger partial charge in [0.15, 0.2) is 0 Å². The molecule has 5 rings (SSSR count). The Morgan fingerprint density at radius 3 is 2.39 bits per heavy atom. The average molecular weight is 556 g/mol. The molecule has 0 saturated carbocycles. The maximum absolute atomic E-state index is 15.0. The second-order valence-electron chi connectivity index (χ2n) is 9.50. The number of para-hydroxylation sites is 2. The van der Waals surface area contributed by atoms with Crippen LogP contribution in [0.2, 0.25) is 0 Å². The average Bonchev–Trinajstić information content (AvgIpc) is 3.41. The van der Waals surface area contributed by atoms with E-state index in [-0.39, 0.29) is 29.3 Å². The van der Waals surface area contributed by atoms with Gasteiger partial charge in [0, 0.05) is 60.2 Å². The highest BCUT2D eigenvalue weighted by atomic mass is 19.3. The smallest absolute Gasteiger partial charge is 0.275 e. The summed E-state index contributed by atoms with van der Waals surface area (Å²) >= 11 is 0. The number of nitrogens with one attached hydrogen (secondary N) is 1. The molecule has 4 aromatic rings. The molecule has 0 atom stereocenters. The van der Waals surface area contributed by atoms with E-state index in [0.29, 0.717) is 23.4 Å². The zero-order valence-electron chi connectivity index (χ0n) is 22.2. The number of alkyl halides is 2. The number of anilines is 2. The van der Waals surface area contributed by atoms with Crippen molar-refractivity contribution in [2.75, 3.05) is 16.8 Å². The lowest BCUT2D eigenvalue weighted by atomic mass is 9.97. The molecule has 1 aliphatic rings. The minimum atomic E-state index is -3.36. The van der Waals surface area contributed by atoms with Crippen LogP contribution in [-0.4, -0.2) is 39.7 Å². The van der Waals surface area contributed by atoms with Gasteiger partial charge >= 0.3 is 0 Å². The van der Waals surface area contributed by atoms with Crippen molar-refractivity contribution in [3.63, 3.8) is 0 Å². The number of allylic oxidation sites excluding steroid dienone is 1. The molecule has 41 heavy (non-hydrogen) atoms. The van der Waals surface area contributed by atoms with Crippen LogP contribution >= 0.6 is 0 Å². The zero-order valence-corrected chi connectivity index (χ0v) is 22.2. The normalized spacial score (nSPS) is 15.2. The quantitative estimate of drug-likeness (QED) is 0.317. The lowest BCUT2D eigenvalue weighted by Gasteiger charge is -2.23. The van der Waals surface area contributed by atoms with Crippen LogP contribution in [0.25, 0.3) is 11.3 Å². The molecule has 0 bridgehead atoms. The number of nitrogens with two attached hydrogens (primary N) is 1. The van der Waals surface area contributed by atoms with Gasteiger partial charge in [0.1, 0.15) is 5.82 Å². The second-order valence-corrected chi connectivity index (χ2v) is 9.50. The summed E-state index contributed by atoms with van der Waals surface area (Å²) < 4.78 is 31.9. The van der Waals surface area contributed by atoms with Gasteiger partial charge in [0.05, 0.1) is 16.9 Å². The summed E-state index contributed by atoms with van der Waals surface area (Å²) in [5, 5.41) is 2.86. The van der Waals surface area contributed by atoms with Gasteiger partial charge in [-0.05, 0) is 42.5 Å². The lowest BCUT2D eigenvalue weighted by molar-refractivity contribution is -0.113. The predicted octanol–water partition coefficient (Wildman–Crippen LogP) is 5.24. The van der Waals surface area contributed by atoms with Gasteiger partial charge < -0.3 is 20.5 Å². The molecule has 2 heterocycles. The summed E-state index contributed by atoms with van der Waals surface area (Å²) in [6, 6.07) is 19.6. The van der Waals surface area contributed by atoms with Crippen LogP contribution in [0, 0.1) is 0 Å². The van der Waals surface area contributed by atoms with Gasteiger partial charge in [-0.25, -0.2) is 13.8 Å². The van der Waals surface area contributed by atoms with Crippen molar-refractivity contribution >= 4 is 34.7 Å². The molecule has 208 valence electrons. The standard InChI is InChI=1S/C31H27F2N5O3/c1-2-28-35-16-18-37(28)26-10-6-4-8-23(26)29(40)36-21-13-11-20(12-14-21)30(41)38-17-15-31(32,33)24(19-27(34)39)22-7-3-5-9-25(22)38/h3-14,16,18-19H,2,15,17H2,1H3,(H2,34,39)(H,36,40)/b24-19-. The number of benzene rings is 3. The summed E-state index contributed by atoms with van der Waals surface area (Å²) in [6.45, 7) is 1.71. The highest BCUT2D eigenvalue weighted by Crippen LogP contribution is 2.43. The number of aryl methyl sites for hydroxylation is 1. The third-order valence-electron chi connectivity index (χ3n) is 6.89. The Morgan fingerprint density at radius 2 is 1.68 bits per heavy atom. The molecule has 3 N–H and O–H groups in total. The SMILES string of the molecule is CCc1nccn1-c1ccccc1C(=O)Nc1ccc(C(=O)N2CCC(F)(F)/C(=C\C(N)=O)c3ccccc32)cc1. The molecule has 1 aliphatic heterocycles. The van der Waals surface area contributed by atoms with Crippen molar-refractivity contribution in [3.05, 3.63) is 114 Å². The van der Waals surface area contributed by atoms with Gasteiger partial charge in [0.25, 0.3) is 17.7 Å². The molecule has 0 radical (unpaired) electrons. The van der Waals surface area contributed by atoms with Crippen LogP contribution in [0.15, 0.2) is 91.3 Å². The number of fused-ring (bicyclic) bond motifs is 1. The number of rotatable bonds is 6. The van der Waals surface area contributed by atoms with Gasteiger partial charge in [0.2, 0.25) is 5.91 Å². The second kappa shape index (κ2) is 11.2. The number of primary amides is 1. The number of halogens is 2. The van der Waals surface area contributed by atoms with E-state index in [1.165, 1.54) is 23.1 Å². The first-order chi connectivity index (χ1) is 19.7. The van der Waals surface area contributed by atoms with Crippen LogP contribution in [0.3, 0.4) is 0 Å². The topological polar surface area (TPSA) is 110 Å². The van der Waals surface area contributed by atoms with Crippen LogP contribution in [0.4, 0.5) is 20.2 Å². The van der Waals surface area contributed by atoms with Crippen molar-refractivity contribution in [2.24, 2.45) is 5.73 Å². The van der Waals surface area contributed by atoms with E-state index >= 15 is 8.78 Å². The molecular formula is C31H27F2N5O3. The lowest BCUT2D eigenvalue weighted by Crippen LogP contribution is -2.33. The number of nitrogens with zero attached hydrogens (tertiary/aromatic N) is 3. The first-order valence-electron chi connectivity index (χ1n) is 13.0. The molecular weight excluding hydrogens is 528 g/mol. The number of hydrogen-bond donors (Lipinski definition) is 2. The van der Waals surface area contributed by atoms with E-state index in [0.717, 1.165) is 11.9 Å². The van der Waals surface area contributed by atoms with Crippen LogP contribution in [0.1, 0.15) is 45.4 Å². The van der Waals surface area contributed by atoms with Crippen molar-refractivity contribution in [1.82, 2.24) is 9.55 Å². The van der Waals surface area contributed by atoms with E-state index in [2.05, 4.69) is 10.3 Å². The van der Waals surface area contributed by atoms with E-state index in [1.54, 1.807) is 54.9 Å². The molecule has 0 spiro atoms. The van der Waals surface area contributed by atoms with Crippen molar-refractivity contribution in [2.45, 2.75) is 25.7 Å². The number of carbonyl (C=O) groups is 3. The third kappa shape index (κ3) is 5.49. The maximum atomic E-state index is 15.0. The monoisotopic (exact) mass is 555 g/mol. The highest BCUT2D eigenvalue weighted by molar-refractivity contribution is 6.10. The first kappa shape index (κ1) is 27.4. The zero-order chi connectivity index (χ0) is 29.1.